The molecule has 4 rings (SSSR count). The number of hydrogen-bond acceptors (Lipinski definition) is 2. The van der Waals surface area contributed by atoms with Crippen molar-refractivity contribution >= 4 is 0 Å². The van der Waals surface area contributed by atoms with Gasteiger partial charge in [0.1, 0.15) is 11.6 Å². The topological polar surface area (TPSA) is 17.4 Å². The SMILES string of the molecule is COc1ccc([C@H]2c3cccn3CCCN2Cc2cccc(F)c2)cc1. The number of fused-ring (bicyclic) bond motifs is 1. The molecule has 0 aliphatic carbocycles. The molecule has 0 saturated heterocycles. The van der Waals surface area contributed by atoms with Crippen molar-refractivity contribution in [2.45, 2.75) is 25.6 Å². The highest BCUT2D eigenvalue weighted by Crippen LogP contribution is 2.33. The van der Waals surface area contributed by atoms with Crippen LogP contribution in [-0.4, -0.2) is 23.1 Å². The molecule has 0 N–H and O–H groups in total. The van der Waals surface area contributed by atoms with Gasteiger partial charge in [-0.25, -0.2) is 4.39 Å². The van der Waals surface area contributed by atoms with Gasteiger partial charge in [-0.05, 0) is 53.9 Å². The van der Waals surface area contributed by atoms with Crippen molar-refractivity contribution in [3.63, 3.8) is 0 Å². The maximum absolute atomic E-state index is 13.7. The van der Waals surface area contributed by atoms with Crippen molar-refractivity contribution in [2.75, 3.05) is 13.7 Å². The van der Waals surface area contributed by atoms with Crippen molar-refractivity contribution in [1.29, 1.82) is 0 Å². The first-order chi connectivity index (χ1) is 12.7. The Bertz CT molecular complexity index is 872. The molecule has 3 aromatic rings. The fraction of sp³-hybridized carbons (Fsp3) is 0.273. The minimum Gasteiger partial charge on any atom is -0.497 e. The van der Waals surface area contributed by atoms with Crippen LogP contribution >= 0.6 is 0 Å². The molecular formula is C22H23FN2O. The van der Waals surface area contributed by atoms with E-state index < -0.39 is 0 Å². The van der Waals surface area contributed by atoms with Crippen LogP contribution in [0.4, 0.5) is 4.39 Å². The molecule has 3 nitrogen and oxygen atoms in total. The Kier molecular flexibility index (Phi) is 4.76. The van der Waals surface area contributed by atoms with Gasteiger partial charge in [0.25, 0.3) is 0 Å². The average molecular weight is 350 g/mol. The predicted molar refractivity (Wildman–Crippen MR) is 101 cm³/mol. The number of aromatic nitrogens is 1. The summed E-state index contributed by atoms with van der Waals surface area (Å²) in [5.74, 6) is 0.677. The van der Waals surface area contributed by atoms with Gasteiger partial charge in [-0.1, -0.05) is 24.3 Å². The smallest absolute Gasteiger partial charge is 0.123 e. The van der Waals surface area contributed by atoms with E-state index in [0.717, 1.165) is 37.4 Å². The van der Waals surface area contributed by atoms with Crippen LogP contribution in [0.25, 0.3) is 0 Å². The third kappa shape index (κ3) is 3.37. The van der Waals surface area contributed by atoms with Crippen LogP contribution in [0.3, 0.4) is 0 Å². The number of hydrogen-bond donors (Lipinski definition) is 0. The highest BCUT2D eigenvalue weighted by atomic mass is 19.1. The van der Waals surface area contributed by atoms with E-state index in [0.29, 0.717) is 0 Å². The fourth-order valence-electron chi connectivity index (χ4n) is 3.85. The molecule has 2 heterocycles. The molecule has 26 heavy (non-hydrogen) atoms. The highest BCUT2D eigenvalue weighted by Gasteiger charge is 2.27. The molecule has 1 aliphatic heterocycles. The standard InChI is InChI=1S/C22H23FN2O/c1-26-20-10-8-18(9-11-20)22-21-7-3-12-24(21)13-4-14-25(22)16-17-5-2-6-19(23)15-17/h2-3,5-12,15,22H,4,13-14,16H2,1H3/t22-/m0/s1. The molecule has 1 aromatic heterocycles. The van der Waals surface area contributed by atoms with Crippen LogP contribution in [0.2, 0.25) is 0 Å². The van der Waals surface area contributed by atoms with E-state index >= 15 is 0 Å². The molecule has 2 aromatic carbocycles. The summed E-state index contributed by atoms with van der Waals surface area (Å²) in [4.78, 5) is 2.44. The Labute approximate surface area is 153 Å². The van der Waals surface area contributed by atoms with Crippen LogP contribution in [0.5, 0.6) is 5.75 Å². The van der Waals surface area contributed by atoms with E-state index in [2.05, 4.69) is 39.9 Å². The number of benzene rings is 2. The highest BCUT2D eigenvalue weighted by molar-refractivity contribution is 5.34. The summed E-state index contributed by atoms with van der Waals surface area (Å²) in [6, 6.07) is 19.6. The Morgan fingerprint density at radius 3 is 2.65 bits per heavy atom. The second kappa shape index (κ2) is 7.34. The lowest BCUT2D eigenvalue weighted by atomic mass is 10.0. The number of methoxy groups -OCH3 is 1. The second-order valence-corrected chi connectivity index (χ2v) is 6.76. The van der Waals surface area contributed by atoms with Gasteiger partial charge < -0.3 is 9.30 Å². The summed E-state index contributed by atoms with van der Waals surface area (Å²) in [5.41, 5.74) is 3.51. The van der Waals surface area contributed by atoms with Crippen LogP contribution < -0.4 is 4.74 Å². The van der Waals surface area contributed by atoms with Crippen molar-refractivity contribution in [2.24, 2.45) is 0 Å². The molecule has 0 bridgehead atoms. The van der Waals surface area contributed by atoms with E-state index in [1.54, 1.807) is 19.2 Å². The van der Waals surface area contributed by atoms with Crippen molar-refractivity contribution in [3.8, 4) is 5.75 Å². The van der Waals surface area contributed by atoms with Gasteiger partial charge in [0.2, 0.25) is 0 Å². The van der Waals surface area contributed by atoms with Gasteiger partial charge in [-0.2, -0.15) is 0 Å². The molecule has 0 unspecified atom stereocenters. The summed E-state index contributed by atoms with van der Waals surface area (Å²) in [7, 11) is 1.68. The molecule has 0 radical (unpaired) electrons. The molecule has 4 heteroatoms. The number of aryl methyl sites for hydroxylation is 1. The quantitative estimate of drug-likeness (QED) is 0.682. The van der Waals surface area contributed by atoms with Crippen LogP contribution in [0.1, 0.15) is 29.3 Å². The monoisotopic (exact) mass is 350 g/mol. The second-order valence-electron chi connectivity index (χ2n) is 6.76. The molecule has 134 valence electrons. The van der Waals surface area contributed by atoms with E-state index in [1.807, 2.05) is 18.2 Å². The number of rotatable bonds is 4. The van der Waals surface area contributed by atoms with Gasteiger partial charge in [-0.3, -0.25) is 4.90 Å². The summed E-state index contributed by atoms with van der Waals surface area (Å²) in [6.45, 7) is 2.70. The van der Waals surface area contributed by atoms with Gasteiger partial charge >= 0.3 is 0 Å². The maximum atomic E-state index is 13.7. The van der Waals surface area contributed by atoms with Gasteiger partial charge in [0.05, 0.1) is 13.2 Å². The average Bonchev–Trinajstić information content (AvgIpc) is 3.04. The van der Waals surface area contributed by atoms with Crippen LogP contribution in [0.15, 0.2) is 66.9 Å². The lowest BCUT2D eigenvalue weighted by Crippen LogP contribution is -2.29. The van der Waals surface area contributed by atoms with Crippen molar-refractivity contribution < 1.29 is 9.13 Å². The van der Waals surface area contributed by atoms with Gasteiger partial charge in [0, 0.05) is 31.5 Å². The summed E-state index contributed by atoms with van der Waals surface area (Å²) >= 11 is 0. The first kappa shape index (κ1) is 16.9. The summed E-state index contributed by atoms with van der Waals surface area (Å²) in [6.07, 6.45) is 3.22. The van der Waals surface area contributed by atoms with Crippen molar-refractivity contribution in [3.05, 3.63) is 89.5 Å². The Morgan fingerprint density at radius 1 is 1.04 bits per heavy atom. The van der Waals surface area contributed by atoms with E-state index in [1.165, 1.54) is 17.3 Å². The normalized spacial score (nSPS) is 17.5. The first-order valence-electron chi connectivity index (χ1n) is 9.02. The zero-order valence-corrected chi connectivity index (χ0v) is 14.9. The maximum Gasteiger partial charge on any atom is 0.123 e. The third-order valence-electron chi connectivity index (χ3n) is 5.06. The lowest BCUT2D eigenvalue weighted by molar-refractivity contribution is 0.220. The molecule has 0 fully saturated rings. The summed E-state index contributed by atoms with van der Waals surface area (Å²) < 4.78 is 21.3. The zero-order valence-electron chi connectivity index (χ0n) is 14.9. The van der Waals surface area contributed by atoms with Gasteiger partial charge in [0.15, 0.2) is 0 Å². The van der Waals surface area contributed by atoms with Crippen LogP contribution in [-0.2, 0) is 13.1 Å². The number of ether oxygens (including phenoxy) is 1. The molecule has 1 aliphatic rings. The fourth-order valence-corrected chi connectivity index (χ4v) is 3.85. The Hall–Kier alpha value is -2.59. The minimum absolute atomic E-state index is 0.140. The van der Waals surface area contributed by atoms with Gasteiger partial charge in [-0.15, -0.1) is 0 Å². The third-order valence-corrected chi connectivity index (χ3v) is 5.06. The van der Waals surface area contributed by atoms with Crippen LogP contribution in [0, 0.1) is 5.82 Å². The lowest BCUT2D eigenvalue weighted by Gasteiger charge is -2.30. The molecule has 0 amide bonds. The molecule has 0 saturated carbocycles. The first-order valence-corrected chi connectivity index (χ1v) is 9.02. The number of nitrogens with zero attached hydrogens (tertiary/aromatic N) is 2. The Balaban J connectivity index is 1.72. The predicted octanol–water partition coefficient (Wildman–Crippen LogP) is 4.63. The van der Waals surface area contributed by atoms with E-state index in [9.17, 15) is 4.39 Å². The largest absolute Gasteiger partial charge is 0.497 e. The molecule has 0 spiro atoms. The van der Waals surface area contributed by atoms with Crippen molar-refractivity contribution in [1.82, 2.24) is 9.47 Å². The summed E-state index contributed by atoms with van der Waals surface area (Å²) in [5, 5.41) is 0. The zero-order chi connectivity index (χ0) is 17.9. The van der Waals surface area contributed by atoms with E-state index in [4.69, 9.17) is 4.74 Å². The number of halogens is 1. The molecule has 1 atom stereocenters. The van der Waals surface area contributed by atoms with E-state index in [-0.39, 0.29) is 11.9 Å². The Morgan fingerprint density at radius 2 is 1.88 bits per heavy atom. The minimum atomic E-state index is -0.179. The molecular weight excluding hydrogens is 327 g/mol.